The van der Waals surface area contributed by atoms with Gasteiger partial charge in [-0.05, 0) is 32.1 Å². The second kappa shape index (κ2) is 5.41. The maximum absolute atomic E-state index is 8.56. The Hall–Kier alpha value is -1.85. The Labute approximate surface area is 146 Å². The van der Waals surface area contributed by atoms with E-state index in [1.807, 2.05) is 0 Å². The van der Waals surface area contributed by atoms with Gasteiger partial charge in [-0.15, -0.1) is 11.3 Å². The van der Waals surface area contributed by atoms with Gasteiger partial charge in [0.25, 0.3) is 0 Å². The monoisotopic (exact) mass is 320 g/mol. The molecule has 1 N–H and O–H groups in total. The van der Waals surface area contributed by atoms with Crippen LogP contribution in [-0.4, -0.2) is 48.8 Å². The standard InChI is InChI=1S/C17H20N4S/c1-12-11-13-16(21-9-7-20(2)8-10-21)18-14-5-3-4-6-15(14)19-17(13)22-12/h3-6,11,19H,7-10H2,1-2H3/i1D3,7D2,8D2,11D. The SMILES string of the molecule is [2H]c1c(C([2H])([2H])[2H])sc2c1C(N1CC([2H])([2H])N(C)C([2H])([2H])C1)=Nc1ccccc1N2. The number of nitrogens with zero attached hydrogens (tertiary/aromatic N) is 3. The van der Waals surface area contributed by atoms with Crippen molar-refractivity contribution in [2.24, 2.45) is 4.99 Å². The summed E-state index contributed by atoms with van der Waals surface area (Å²) in [7, 11) is 1.39. The van der Waals surface area contributed by atoms with Gasteiger partial charge in [-0.25, -0.2) is 4.99 Å². The van der Waals surface area contributed by atoms with Crippen LogP contribution in [0.15, 0.2) is 35.3 Å². The van der Waals surface area contributed by atoms with Crippen LogP contribution in [0.25, 0.3) is 0 Å². The van der Waals surface area contributed by atoms with Gasteiger partial charge in [0.1, 0.15) is 10.8 Å². The van der Waals surface area contributed by atoms with E-state index in [1.54, 1.807) is 24.3 Å². The molecule has 0 spiro atoms. The van der Waals surface area contributed by atoms with E-state index in [0.717, 1.165) is 16.2 Å². The summed E-state index contributed by atoms with van der Waals surface area (Å²) in [5.41, 5.74) is 1.43. The Morgan fingerprint density at radius 1 is 1.36 bits per heavy atom. The molecule has 0 radical (unpaired) electrons. The largest absolute Gasteiger partial charge is 0.353 e. The van der Waals surface area contributed by atoms with Crippen LogP contribution < -0.4 is 5.32 Å². The number of amidine groups is 1. The van der Waals surface area contributed by atoms with Gasteiger partial charge in [-0.2, -0.15) is 0 Å². The number of aliphatic imine (C=N–C) groups is 1. The van der Waals surface area contributed by atoms with Crippen molar-refractivity contribution in [3.8, 4) is 0 Å². The fourth-order valence-electron chi connectivity index (χ4n) is 2.44. The lowest BCUT2D eigenvalue weighted by molar-refractivity contribution is 0.216. The van der Waals surface area contributed by atoms with Gasteiger partial charge in [0.05, 0.1) is 18.3 Å². The van der Waals surface area contributed by atoms with Gasteiger partial charge in [0, 0.05) is 40.6 Å². The molecule has 0 amide bonds. The molecule has 0 unspecified atom stereocenters. The van der Waals surface area contributed by atoms with Crippen molar-refractivity contribution in [2.75, 3.05) is 38.4 Å². The first-order valence-electron chi connectivity index (χ1n) is 10.9. The Balaban J connectivity index is 1.92. The number of nitrogens with one attached hydrogen (secondary N) is 1. The number of hydrogen-bond acceptors (Lipinski definition) is 5. The predicted octanol–water partition coefficient (Wildman–Crippen LogP) is 3.44. The molecule has 2 aliphatic rings. The summed E-state index contributed by atoms with van der Waals surface area (Å²) in [6.45, 7) is -6.82. The third-order valence-corrected chi connectivity index (χ3v) is 4.39. The highest BCUT2D eigenvalue weighted by atomic mass is 32.1. The summed E-state index contributed by atoms with van der Waals surface area (Å²) in [5, 5.41) is 3.59. The zero-order chi connectivity index (χ0) is 22.1. The fraction of sp³-hybridized carbons (Fsp3) is 0.353. The first-order chi connectivity index (χ1) is 13.8. The molecule has 2 aliphatic heterocycles. The van der Waals surface area contributed by atoms with Crippen molar-refractivity contribution in [3.05, 3.63) is 40.7 Å². The number of thiophene rings is 1. The third-order valence-electron chi connectivity index (χ3n) is 3.57. The Morgan fingerprint density at radius 3 is 3.00 bits per heavy atom. The van der Waals surface area contributed by atoms with Crippen LogP contribution in [0.2, 0.25) is 0 Å². The molecule has 0 atom stereocenters. The number of fused-ring (bicyclic) bond motifs is 2. The van der Waals surface area contributed by atoms with E-state index in [1.165, 1.54) is 11.9 Å². The lowest BCUT2D eigenvalue weighted by Crippen LogP contribution is -2.47. The Morgan fingerprint density at radius 2 is 2.18 bits per heavy atom. The summed E-state index contributed by atoms with van der Waals surface area (Å²) in [6.07, 6.45) is 0. The smallest absolute Gasteiger partial charge is 0.139 e. The minimum atomic E-state index is -2.48. The molecule has 0 saturated carbocycles. The lowest BCUT2D eigenvalue weighted by atomic mass is 10.2. The summed E-state index contributed by atoms with van der Waals surface area (Å²) >= 11 is 0.947. The number of para-hydroxylation sites is 2. The van der Waals surface area contributed by atoms with Gasteiger partial charge in [-0.1, -0.05) is 12.1 Å². The number of aryl methyl sites for hydroxylation is 1. The minimum absolute atomic E-state index is 0.0905. The number of anilines is 2. The molecule has 2 aromatic rings. The molecule has 1 aromatic carbocycles. The number of benzene rings is 1. The van der Waals surface area contributed by atoms with Gasteiger partial charge in [0.2, 0.25) is 0 Å². The van der Waals surface area contributed by atoms with Crippen molar-refractivity contribution >= 4 is 33.5 Å². The van der Waals surface area contributed by atoms with Crippen molar-refractivity contribution in [3.63, 3.8) is 0 Å². The zero-order valence-corrected chi connectivity index (χ0v) is 12.8. The van der Waals surface area contributed by atoms with E-state index in [2.05, 4.69) is 10.3 Å². The normalized spacial score (nSPS) is 28.6. The van der Waals surface area contributed by atoms with Crippen LogP contribution in [0, 0.1) is 6.85 Å². The van der Waals surface area contributed by atoms with Crippen LogP contribution >= 0.6 is 11.3 Å². The lowest BCUT2D eigenvalue weighted by Gasteiger charge is -2.34. The second-order valence-electron chi connectivity index (χ2n) is 5.07. The molecule has 1 aromatic heterocycles. The van der Waals surface area contributed by atoms with Crippen LogP contribution in [0.3, 0.4) is 0 Å². The molecule has 4 rings (SSSR count). The molecule has 114 valence electrons. The average Bonchev–Trinajstić information content (AvgIpc) is 2.85. The molecule has 0 bridgehead atoms. The van der Waals surface area contributed by atoms with Crippen molar-refractivity contribution < 1.29 is 11.0 Å². The number of piperazine rings is 1. The average molecular weight is 320 g/mol. The van der Waals surface area contributed by atoms with Crippen LogP contribution in [0.4, 0.5) is 16.4 Å². The summed E-state index contributed by atoms with van der Waals surface area (Å²) in [5.74, 6) is 0.194. The van der Waals surface area contributed by atoms with Gasteiger partial charge >= 0.3 is 0 Å². The first-order valence-corrected chi connectivity index (χ1v) is 7.71. The molecule has 1 fully saturated rings. The quantitative estimate of drug-likeness (QED) is 0.807. The predicted molar refractivity (Wildman–Crippen MR) is 94.0 cm³/mol. The van der Waals surface area contributed by atoms with Gasteiger partial charge in [0.15, 0.2) is 0 Å². The van der Waals surface area contributed by atoms with E-state index >= 15 is 0 Å². The molecule has 3 heterocycles. The highest BCUT2D eigenvalue weighted by Crippen LogP contribution is 2.39. The minimum Gasteiger partial charge on any atom is -0.353 e. The highest BCUT2D eigenvalue weighted by molar-refractivity contribution is 7.16. The zero-order valence-electron chi connectivity index (χ0n) is 20.0. The van der Waals surface area contributed by atoms with E-state index in [9.17, 15) is 0 Å². The highest BCUT2D eigenvalue weighted by Gasteiger charge is 2.25. The third kappa shape index (κ3) is 2.40. The van der Waals surface area contributed by atoms with E-state index < -0.39 is 19.8 Å². The second-order valence-corrected chi connectivity index (χ2v) is 6.09. The van der Waals surface area contributed by atoms with Gasteiger partial charge < -0.3 is 15.1 Å². The summed E-state index contributed by atoms with van der Waals surface area (Å²) < 4.78 is 65.0. The maximum atomic E-state index is 8.56. The molecule has 5 heteroatoms. The van der Waals surface area contributed by atoms with Crippen LogP contribution in [0.5, 0.6) is 0 Å². The maximum Gasteiger partial charge on any atom is 0.139 e. The Kier molecular flexibility index (Phi) is 1.87. The molecule has 22 heavy (non-hydrogen) atoms. The molecule has 0 aliphatic carbocycles. The van der Waals surface area contributed by atoms with Crippen LogP contribution in [0.1, 0.15) is 21.4 Å². The first kappa shape index (κ1) is 7.62. The molecule has 4 nitrogen and oxygen atoms in total. The molecule has 1 saturated heterocycles. The van der Waals surface area contributed by atoms with Crippen molar-refractivity contribution in [1.82, 2.24) is 9.80 Å². The van der Waals surface area contributed by atoms with E-state index in [-0.39, 0.29) is 35.4 Å². The van der Waals surface area contributed by atoms with E-state index in [4.69, 9.17) is 11.0 Å². The van der Waals surface area contributed by atoms with Crippen molar-refractivity contribution in [2.45, 2.75) is 6.85 Å². The molecular weight excluding hydrogens is 292 g/mol. The Bertz CT molecular complexity index is 1010. The van der Waals surface area contributed by atoms with Crippen molar-refractivity contribution in [1.29, 1.82) is 0 Å². The number of hydrogen-bond donors (Lipinski definition) is 1. The topological polar surface area (TPSA) is 30.9 Å². The summed E-state index contributed by atoms with van der Waals surface area (Å²) in [4.78, 5) is 7.07. The number of rotatable bonds is 0. The van der Waals surface area contributed by atoms with Gasteiger partial charge in [-0.3, -0.25) is 0 Å². The molecular formula is C17H20N4S. The van der Waals surface area contributed by atoms with Crippen LogP contribution in [-0.2, 0) is 0 Å². The fourth-order valence-corrected chi connectivity index (χ4v) is 3.20. The number of likely N-dealkylation sites (N-methyl/N-ethyl adjacent to an activating group) is 1. The van der Waals surface area contributed by atoms with E-state index in [0.29, 0.717) is 16.4 Å². The summed E-state index contributed by atoms with van der Waals surface area (Å²) in [6, 6.07) is 6.94.